The van der Waals surface area contributed by atoms with Crippen molar-refractivity contribution in [1.29, 1.82) is 0 Å². The number of aromatic nitrogens is 5. The van der Waals surface area contributed by atoms with E-state index >= 15 is 0 Å². The van der Waals surface area contributed by atoms with Crippen LogP contribution in [-0.4, -0.2) is 49.8 Å². The second-order valence-corrected chi connectivity index (χ2v) is 6.72. The van der Waals surface area contributed by atoms with Crippen LogP contribution in [0.4, 0.5) is 10.5 Å². The third-order valence-corrected chi connectivity index (χ3v) is 5.17. The van der Waals surface area contributed by atoms with Gasteiger partial charge in [-0.15, -0.1) is 16.4 Å². The topological polar surface area (TPSA) is 98.1 Å². The van der Waals surface area contributed by atoms with E-state index in [1.165, 1.54) is 11.0 Å². The highest BCUT2D eigenvalue weighted by Crippen LogP contribution is 2.34. The van der Waals surface area contributed by atoms with Gasteiger partial charge in [-0.2, -0.15) is 0 Å². The number of ether oxygens (including phenoxy) is 1. The van der Waals surface area contributed by atoms with Crippen molar-refractivity contribution in [3.63, 3.8) is 0 Å². The molecule has 2 aromatic heterocycles. The Kier molecular flexibility index (Phi) is 4.48. The number of tetrazole rings is 1. The molecule has 0 bridgehead atoms. The predicted molar refractivity (Wildman–Crippen MR) is 95.5 cm³/mol. The monoisotopic (exact) mass is 371 g/mol. The summed E-state index contributed by atoms with van der Waals surface area (Å²) in [5.74, 6) is 0.538. The fraction of sp³-hybridized carbons (Fsp3) is 0.312. The van der Waals surface area contributed by atoms with Gasteiger partial charge in [0.1, 0.15) is 17.1 Å². The fourth-order valence-corrected chi connectivity index (χ4v) is 3.84. The van der Waals surface area contributed by atoms with Crippen molar-refractivity contribution in [2.75, 3.05) is 19.0 Å². The molecule has 10 heteroatoms. The van der Waals surface area contributed by atoms with Gasteiger partial charge in [-0.1, -0.05) is 0 Å². The molecule has 1 aromatic carbocycles. The average Bonchev–Trinajstić information content (AvgIpc) is 3.43. The molecule has 1 aliphatic heterocycles. The Hall–Kier alpha value is -3.01. The second kappa shape index (κ2) is 7.08. The Morgan fingerprint density at radius 2 is 2.35 bits per heavy atom. The molecule has 0 saturated carbocycles. The molecule has 0 aliphatic carbocycles. The normalized spacial score (nSPS) is 16.7. The van der Waals surface area contributed by atoms with Crippen LogP contribution in [0.25, 0.3) is 5.69 Å². The van der Waals surface area contributed by atoms with Gasteiger partial charge < -0.3 is 15.0 Å². The largest absolute Gasteiger partial charge is 0.494 e. The van der Waals surface area contributed by atoms with Gasteiger partial charge in [0, 0.05) is 24.2 Å². The molecule has 2 amide bonds. The van der Waals surface area contributed by atoms with Crippen LogP contribution >= 0.6 is 11.3 Å². The predicted octanol–water partition coefficient (Wildman–Crippen LogP) is 2.50. The van der Waals surface area contributed by atoms with Crippen LogP contribution in [0, 0.1) is 0 Å². The Morgan fingerprint density at radius 3 is 3.08 bits per heavy atom. The molecule has 0 unspecified atom stereocenters. The maximum absolute atomic E-state index is 12.8. The number of nitrogens with zero attached hydrogens (tertiary/aromatic N) is 6. The van der Waals surface area contributed by atoms with Crippen LogP contribution in [0.5, 0.6) is 5.75 Å². The molecule has 1 aliphatic rings. The number of rotatable bonds is 4. The molecular formula is C16H17N7O2S. The number of benzene rings is 1. The molecule has 0 radical (unpaired) electrons. The number of nitrogens with one attached hydrogen (secondary N) is 1. The third kappa shape index (κ3) is 3.10. The van der Waals surface area contributed by atoms with E-state index in [4.69, 9.17) is 4.74 Å². The van der Waals surface area contributed by atoms with Gasteiger partial charge in [-0.3, -0.25) is 0 Å². The SMILES string of the molecule is COc1cc(-n2cnnn2)ccc1NC(=O)N1CCC[C@H]1c1nccs1. The zero-order valence-corrected chi connectivity index (χ0v) is 14.9. The van der Waals surface area contributed by atoms with E-state index in [1.807, 2.05) is 16.3 Å². The van der Waals surface area contributed by atoms with Crippen molar-refractivity contribution in [3.05, 3.63) is 41.1 Å². The van der Waals surface area contributed by atoms with Crippen molar-refractivity contribution in [3.8, 4) is 11.4 Å². The molecule has 0 spiro atoms. The highest BCUT2D eigenvalue weighted by molar-refractivity contribution is 7.09. The number of likely N-dealkylation sites (tertiary alicyclic amines) is 1. The van der Waals surface area contributed by atoms with Gasteiger partial charge in [0.2, 0.25) is 0 Å². The summed E-state index contributed by atoms with van der Waals surface area (Å²) in [5, 5.41) is 16.9. The molecule has 1 N–H and O–H groups in total. The lowest BCUT2D eigenvalue weighted by Gasteiger charge is -2.24. The lowest BCUT2D eigenvalue weighted by atomic mass is 10.2. The van der Waals surface area contributed by atoms with Crippen LogP contribution in [-0.2, 0) is 0 Å². The zero-order valence-electron chi connectivity index (χ0n) is 14.1. The first-order valence-corrected chi connectivity index (χ1v) is 9.02. The summed E-state index contributed by atoms with van der Waals surface area (Å²) in [6.45, 7) is 0.709. The number of hydrogen-bond acceptors (Lipinski definition) is 7. The highest BCUT2D eigenvalue weighted by atomic mass is 32.1. The van der Waals surface area contributed by atoms with Crippen LogP contribution in [0.15, 0.2) is 36.1 Å². The maximum atomic E-state index is 12.8. The Labute approximate surface area is 153 Å². The lowest BCUT2D eigenvalue weighted by molar-refractivity contribution is 0.207. The smallest absolute Gasteiger partial charge is 0.322 e. The van der Waals surface area contributed by atoms with E-state index in [0.29, 0.717) is 18.0 Å². The van der Waals surface area contributed by atoms with E-state index in [0.717, 1.165) is 23.5 Å². The molecule has 3 heterocycles. The van der Waals surface area contributed by atoms with E-state index in [1.54, 1.807) is 36.8 Å². The third-order valence-electron chi connectivity index (χ3n) is 4.29. The molecule has 1 atom stereocenters. The first-order chi connectivity index (χ1) is 12.8. The zero-order chi connectivity index (χ0) is 17.9. The Balaban J connectivity index is 1.54. The molecular weight excluding hydrogens is 354 g/mol. The molecule has 26 heavy (non-hydrogen) atoms. The van der Waals surface area contributed by atoms with Crippen molar-refractivity contribution in [1.82, 2.24) is 30.1 Å². The van der Waals surface area contributed by atoms with Crippen molar-refractivity contribution in [2.45, 2.75) is 18.9 Å². The second-order valence-electron chi connectivity index (χ2n) is 5.79. The summed E-state index contributed by atoms with van der Waals surface area (Å²) in [5.41, 5.74) is 1.34. The molecule has 1 saturated heterocycles. The number of thiazole rings is 1. The Bertz CT molecular complexity index is 882. The van der Waals surface area contributed by atoms with E-state index in [2.05, 4.69) is 25.8 Å². The quantitative estimate of drug-likeness (QED) is 0.757. The summed E-state index contributed by atoms with van der Waals surface area (Å²) in [7, 11) is 1.56. The summed E-state index contributed by atoms with van der Waals surface area (Å²) >= 11 is 1.58. The van der Waals surface area contributed by atoms with Crippen LogP contribution in [0.3, 0.4) is 0 Å². The number of amides is 2. The van der Waals surface area contributed by atoms with Gasteiger partial charge in [0.05, 0.1) is 24.5 Å². The lowest BCUT2D eigenvalue weighted by Crippen LogP contribution is -2.34. The van der Waals surface area contributed by atoms with E-state index < -0.39 is 0 Å². The van der Waals surface area contributed by atoms with Crippen molar-refractivity contribution < 1.29 is 9.53 Å². The van der Waals surface area contributed by atoms with Crippen LogP contribution in [0.2, 0.25) is 0 Å². The Morgan fingerprint density at radius 1 is 1.42 bits per heavy atom. The summed E-state index contributed by atoms with van der Waals surface area (Å²) in [6.07, 6.45) is 5.16. The number of carbonyl (C=O) groups excluding carboxylic acids is 1. The van der Waals surface area contributed by atoms with Crippen LogP contribution < -0.4 is 10.1 Å². The summed E-state index contributed by atoms with van der Waals surface area (Å²) < 4.78 is 6.94. The minimum Gasteiger partial charge on any atom is -0.494 e. The van der Waals surface area contributed by atoms with Gasteiger partial charge in [-0.25, -0.2) is 14.5 Å². The van der Waals surface area contributed by atoms with E-state index in [-0.39, 0.29) is 12.1 Å². The number of methoxy groups -OCH3 is 1. The highest BCUT2D eigenvalue weighted by Gasteiger charge is 2.32. The number of hydrogen-bond donors (Lipinski definition) is 1. The molecule has 4 rings (SSSR count). The van der Waals surface area contributed by atoms with Gasteiger partial charge >= 0.3 is 6.03 Å². The number of anilines is 1. The minimum absolute atomic E-state index is 0.0292. The fourth-order valence-electron chi connectivity index (χ4n) is 3.06. The van der Waals surface area contributed by atoms with Crippen LogP contribution in [0.1, 0.15) is 23.9 Å². The maximum Gasteiger partial charge on any atom is 0.322 e. The standard InChI is InChI=1S/C16H17N7O2S/c1-25-14-9-11(23-10-18-20-21-23)4-5-12(14)19-16(24)22-7-2-3-13(22)15-17-6-8-26-15/h4-6,8-10,13H,2-3,7H2,1H3,(H,19,24)/t13-/m0/s1. The molecule has 1 fully saturated rings. The first kappa shape index (κ1) is 16.5. The van der Waals surface area contributed by atoms with Crippen molar-refractivity contribution in [2.24, 2.45) is 0 Å². The van der Waals surface area contributed by atoms with Crippen molar-refractivity contribution >= 4 is 23.1 Å². The van der Waals surface area contributed by atoms with Gasteiger partial charge in [0.15, 0.2) is 0 Å². The number of urea groups is 1. The van der Waals surface area contributed by atoms with Gasteiger partial charge in [0.25, 0.3) is 0 Å². The minimum atomic E-state index is -0.156. The first-order valence-electron chi connectivity index (χ1n) is 8.14. The summed E-state index contributed by atoms with van der Waals surface area (Å²) in [6, 6.07) is 5.24. The molecule has 3 aromatic rings. The average molecular weight is 371 g/mol. The number of carbonyl (C=O) groups is 1. The molecule has 9 nitrogen and oxygen atoms in total. The van der Waals surface area contributed by atoms with E-state index in [9.17, 15) is 4.79 Å². The molecule has 134 valence electrons. The summed E-state index contributed by atoms with van der Waals surface area (Å²) in [4.78, 5) is 19.0. The van der Waals surface area contributed by atoms with Gasteiger partial charge in [-0.05, 0) is 35.4 Å².